The predicted octanol–water partition coefficient (Wildman–Crippen LogP) is 3.06. The number of carbonyl (C=O) groups is 1. The Morgan fingerprint density at radius 2 is 1.93 bits per heavy atom. The Kier molecular flexibility index (Phi) is 5.65. The van der Waals surface area contributed by atoms with E-state index in [4.69, 9.17) is 14.2 Å². The average Bonchev–Trinajstić information content (AvgIpc) is 3.24. The molecule has 1 aromatic heterocycles. The molecule has 2 aromatic carbocycles. The molecular formula is C22H22N4O4. The highest BCUT2D eigenvalue weighted by atomic mass is 16.7. The van der Waals surface area contributed by atoms with Crippen LogP contribution in [0.1, 0.15) is 27.2 Å². The van der Waals surface area contributed by atoms with Gasteiger partial charge in [0.25, 0.3) is 5.91 Å². The minimum Gasteiger partial charge on any atom is -0.497 e. The van der Waals surface area contributed by atoms with Gasteiger partial charge in [-0.1, -0.05) is 18.2 Å². The van der Waals surface area contributed by atoms with Gasteiger partial charge in [-0.2, -0.15) is 0 Å². The summed E-state index contributed by atoms with van der Waals surface area (Å²) in [7, 11) is 1.61. The van der Waals surface area contributed by atoms with Crippen molar-refractivity contribution >= 4 is 11.9 Å². The van der Waals surface area contributed by atoms with Crippen molar-refractivity contribution in [3.8, 4) is 17.2 Å². The molecule has 154 valence electrons. The number of fused-ring (bicyclic) bond motifs is 1. The number of anilines is 1. The zero-order valence-electron chi connectivity index (χ0n) is 16.8. The van der Waals surface area contributed by atoms with Gasteiger partial charge < -0.3 is 24.8 Å². The number of benzene rings is 2. The molecular weight excluding hydrogens is 384 g/mol. The first kappa shape index (κ1) is 19.5. The molecule has 1 aliphatic rings. The molecule has 3 aromatic rings. The fourth-order valence-electron chi connectivity index (χ4n) is 3.07. The normalized spacial score (nSPS) is 11.8. The van der Waals surface area contributed by atoms with Gasteiger partial charge in [-0.3, -0.25) is 4.79 Å². The minimum atomic E-state index is -0.224. The summed E-state index contributed by atoms with van der Waals surface area (Å²) in [5.74, 6) is 2.45. The molecule has 0 radical (unpaired) electrons. The van der Waals surface area contributed by atoms with Crippen LogP contribution >= 0.6 is 0 Å². The molecule has 8 nitrogen and oxygen atoms in total. The third-order valence-corrected chi connectivity index (χ3v) is 4.70. The van der Waals surface area contributed by atoms with Gasteiger partial charge in [-0.05, 0) is 42.3 Å². The van der Waals surface area contributed by atoms with E-state index in [2.05, 4.69) is 20.6 Å². The molecule has 0 fully saturated rings. The van der Waals surface area contributed by atoms with Gasteiger partial charge in [0, 0.05) is 19.3 Å². The van der Waals surface area contributed by atoms with Crippen molar-refractivity contribution in [1.29, 1.82) is 0 Å². The van der Waals surface area contributed by atoms with Crippen LogP contribution in [0.5, 0.6) is 17.2 Å². The van der Waals surface area contributed by atoms with Gasteiger partial charge in [-0.15, -0.1) is 0 Å². The number of rotatable bonds is 7. The van der Waals surface area contributed by atoms with Crippen LogP contribution in [0.4, 0.5) is 5.95 Å². The molecule has 0 atom stereocenters. The first-order chi connectivity index (χ1) is 14.6. The predicted molar refractivity (Wildman–Crippen MR) is 111 cm³/mol. The second-order valence-corrected chi connectivity index (χ2v) is 6.77. The van der Waals surface area contributed by atoms with Gasteiger partial charge >= 0.3 is 0 Å². The second-order valence-electron chi connectivity index (χ2n) is 6.77. The van der Waals surface area contributed by atoms with Crippen LogP contribution in [0, 0.1) is 6.92 Å². The summed E-state index contributed by atoms with van der Waals surface area (Å²) in [6.45, 7) is 2.95. The van der Waals surface area contributed by atoms with Crippen LogP contribution in [0.3, 0.4) is 0 Å². The van der Waals surface area contributed by atoms with Crippen molar-refractivity contribution in [2.75, 3.05) is 19.2 Å². The van der Waals surface area contributed by atoms with Crippen molar-refractivity contribution in [3.63, 3.8) is 0 Å². The molecule has 4 rings (SSSR count). The van der Waals surface area contributed by atoms with E-state index in [1.165, 1.54) is 6.20 Å². The molecule has 1 amide bonds. The lowest BCUT2D eigenvalue weighted by atomic mass is 10.2. The zero-order valence-corrected chi connectivity index (χ0v) is 16.8. The van der Waals surface area contributed by atoms with Crippen molar-refractivity contribution in [3.05, 3.63) is 71.0 Å². The topological polar surface area (TPSA) is 94.6 Å². The van der Waals surface area contributed by atoms with Gasteiger partial charge in [0.05, 0.1) is 18.4 Å². The molecule has 0 saturated heterocycles. The Hall–Kier alpha value is -3.81. The summed E-state index contributed by atoms with van der Waals surface area (Å²) in [5, 5.41) is 6.05. The maximum atomic E-state index is 12.5. The van der Waals surface area contributed by atoms with Crippen LogP contribution < -0.4 is 24.8 Å². The SMILES string of the molecule is COc1cccc(CNC(=O)c2cnc(NCc3ccc4c(c3)OCO4)nc2C)c1. The first-order valence-electron chi connectivity index (χ1n) is 9.49. The van der Waals surface area contributed by atoms with Gasteiger partial charge in [-0.25, -0.2) is 9.97 Å². The van der Waals surface area contributed by atoms with Crippen LogP contribution in [0.15, 0.2) is 48.7 Å². The Morgan fingerprint density at radius 1 is 1.10 bits per heavy atom. The van der Waals surface area contributed by atoms with Crippen molar-refractivity contribution < 1.29 is 19.0 Å². The molecule has 0 bridgehead atoms. The Labute approximate surface area is 174 Å². The summed E-state index contributed by atoms with van der Waals surface area (Å²) >= 11 is 0. The van der Waals surface area contributed by atoms with E-state index >= 15 is 0 Å². The fraction of sp³-hybridized carbons (Fsp3) is 0.227. The summed E-state index contributed by atoms with van der Waals surface area (Å²) in [4.78, 5) is 21.2. The number of methoxy groups -OCH3 is 1. The van der Waals surface area contributed by atoms with E-state index in [1.54, 1.807) is 14.0 Å². The lowest BCUT2D eigenvalue weighted by Crippen LogP contribution is -2.24. The lowest BCUT2D eigenvalue weighted by molar-refractivity contribution is 0.0949. The molecule has 0 aliphatic carbocycles. The zero-order chi connectivity index (χ0) is 20.9. The maximum absolute atomic E-state index is 12.5. The van der Waals surface area contributed by atoms with E-state index < -0.39 is 0 Å². The van der Waals surface area contributed by atoms with Crippen LogP contribution in [0.25, 0.3) is 0 Å². The highest BCUT2D eigenvalue weighted by Crippen LogP contribution is 2.32. The Morgan fingerprint density at radius 3 is 2.77 bits per heavy atom. The number of carbonyl (C=O) groups excluding carboxylic acids is 1. The Bertz CT molecular complexity index is 1070. The number of hydrogen-bond donors (Lipinski definition) is 2. The fourth-order valence-corrected chi connectivity index (χ4v) is 3.07. The van der Waals surface area contributed by atoms with Gasteiger partial charge in [0.15, 0.2) is 11.5 Å². The van der Waals surface area contributed by atoms with E-state index in [0.29, 0.717) is 30.3 Å². The third kappa shape index (κ3) is 4.43. The maximum Gasteiger partial charge on any atom is 0.254 e. The molecule has 2 heterocycles. The van der Waals surface area contributed by atoms with Gasteiger partial charge in [0.2, 0.25) is 12.7 Å². The highest BCUT2D eigenvalue weighted by molar-refractivity contribution is 5.94. The van der Waals surface area contributed by atoms with Crippen LogP contribution in [-0.2, 0) is 13.1 Å². The van der Waals surface area contributed by atoms with Crippen molar-refractivity contribution in [2.24, 2.45) is 0 Å². The number of hydrogen-bond acceptors (Lipinski definition) is 7. The quantitative estimate of drug-likeness (QED) is 0.623. The smallest absolute Gasteiger partial charge is 0.254 e. The molecule has 30 heavy (non-hydrogen) atoms. The molecule has 0 saturated carbocycles. The molecule has 2 N–H and O–H groups in total. The number of aryl methyl sites for hydroxylation is 1. The van der Waals surface area contributed by atoms with Crippen molar-refractivity contribution in [2.45, 2.75) is 20.0 Å². The average molecular weight is 406 g/mol. The first-order valence-corrected chi connectivity index (χ1v) is 9.49. The van der Waals surface area contributed by atoms with Crippen molar-refractivity contribution in [1.82, 2.24) is 15.3 Å². The van der Waals surface area contributed by atoms with E-state index in [-0.39, 0.29) is 12.7 Å². The number of aromatic nitrogens is 2. The van der Waals surface area contributed by atoms with Gasteiger partial charge in [0.1, 0.15) is 5.75 Å². The lowest BCUT2D eigenvalue weighted by Gasteiger charge is -2.10. The van der Waals surface area contributed by atoms with E-state index in [9.17, 15) is 4.79 Å². The molecule has 0 spiro atoms. The second kappa shape index (κ2) is 8.69. The van der Waals surface area contributed by atoms with E-state index in [0.717, 1.165) is 28.4 Å². The summed E-state index contributed by atoms with van der Waals surface area (Å²) in [6, 6.07) is 13.3. The van der Waals surface area contributed by atoms with Crippen LogP contribution in [-0.4, -0.2) is 29.8 Å². The minimum absolute atomic E-state index is 0.224. The summed E-state index contributed by atoms with van der Waals surface area (Å²) < 4.78 is 15.9. The molecule has 8 heteroatoms. The number of ether oxygens (including phenoxy) is 3. The third-order valence-electron chi connectivity index (χ3n) is 4.70. The number of nitrogens with one attached hydrogen (secondary N) is 2. The number of amides is 1. The standard InChI is InChI=1S/C22H22N4O4/c1-14-18(21(27)23-10-15-4-3-5-17(8-15)28-2)12-25-22(26-14)24-11-16-6-7-19-20(9-16)30-13-29-19/h3-9,12H,10-11,13H2,1-2H3,(H,23,27)(H,24,25,26). The van der Waals surface area contributed by atoms with Crippen LogP contribution in [0.2, 0.25) is 0 Å². The summed E-state index contributed by atoms with van der Waals surface area (Å²) in [6.07, 6.45) is 1.53. The number of nitrogens with zero attached hydrogens (tertiary/aromatic N) is 2. The highest BCUT2D eigenvalue weighted by Gasteiger charge is 2.14. The van der Waals surface area contributed by atoms with E-state index in [1.807, 2.05) is 42.5 Å². The Balaban J connectivity index is 1.35. The monoisotopic (exact) mass is 406 g/mol. The largest absolute Gasteiger partial charge is 0.497 e. The molecule has 1 aliphatic heterocycles. The molecule has 0 unspecified atom stereocenters. The summed E-state index contributed by atoms with van der Waals surface area (Å²) in [5.41, 5.74) is 3.00.